The molecule has 1 aliphatic heterocycles. The molecule has 1 aliphatic rings. The molecule has 0 saturated carbocycles. The zero-order valence-electron chi connectivity index (χ0n) is 12.8. The number of rotatable bonds is 3. The van der Waals surface area contributed by atoms with E-state index < -0.39 is 0 Å². The van der Waals surface area contributed by atoms with Crippen LogP contribution in [0, 0.1) is 6.92 Å². The van der Waals surface area contributed by atoms with Gasteiger partial charge in [0.1, 0.15) is 0 Å². The molecule has 23 heavy (non-hydrogen) atoms. The van der Waals surface area contributed by atoms with Crippen molar-refractivity contribution in [2.45, 2.75) is 19.4 Å². The average Bonchev–Trinajstić information content (AvgIpc) is 2.92. The van der Waals surface area contributed by atoms with E-state index in [2.05, 4.69) is 47.1 Å². The molecule has 0 bridgehead atoms. The van der Waals surface area contributed by atoms with Gasteiger partial charge in [-0.1, -0.05) is 57.9 Å². The average molecular weight is 411 g/mol. The van der Waals surface area contributed by atoms with E-state index in [1.807, 2.05) is 17.0 Å². The predicted octanol–water partition coefficient (Wildman–Crippen LogP) is 5.14. The molecule has 2 aromatic rings. The quantitative estimate of drug-likeness (QED) is 0.507. The molecule has 3 rings (SSSR count). The number of amides is 1. The van der Waals surface area contributed by atoms with Crippen molar-refractivity contribution in [2.24, 2.45) is 0 Å². The number of alkyl halides is 1. The fourth-order valence-electron chi connectivity index (χ4n) is 3.05. The summed E-state index contributed by atoms with van der Waals surface area (Å²) in [6.45, 7) is 3.45. The second-order valence-corrected chi connectivity index (χ2v) is 8.03. The fraction of sp³-hybridized carbons (Fsp3) is 0.278. The summed E-state index contributed by atoms with van der Waals surface area (Å²) in [5.74, 6) is 0.239. The summed E-state index contributed by atoms with van der Waals surface area (Å²) in [5.41, 5.74) is 3.78. The first-order chi connectivity index (χ1) is 11.1. The second kappa shape index (κ2) is 7.20. The van der Waals surface area contributed by atoms with Crippen LogP contribution in [0.5, 0.6) is 0 Å². The van der Waals surface area contributed by atoms with Crippen LogP contribution in [0.1, 0.15) is 27.5 Å². The standard InChI is InChI=1S/C18H17BrClNOS/c1-12-5-2-3-6-13(12)15-10-21(18(22)7-4-8-19)11-16-14(15)9-17(20)23-16/h2-7,9,15H,8,10-11H2,1H3/b7-4+/t15-/m0/s1. The summed E-state index contributed by atoms with van der Waals surface area (Å²) >= 11 is 11.1. The van der Waals surface area contributed by atoms with E-state index >= 15 is 0 Å². The van der Waals surface area contributed by atoms with Gasteiger partial charge in [-0.15, -0.1) is 11.3 Å². The van der Waals surface area contributed by atoms with Crippen LogP contribution in [0.4, 0.5) is 0 Å². The van der Waals surface area contributed by atoms with Gasteiger partial charge in [0.25, 0.3) is 0 Å². The minimum Gasteiger partial charge on any atom is -0.333 e. The van der Waals surface area contributed by atoms with Crippen molar-refractivity contribution in [3.63, 3.8) is 0 Å². The van der Waals surface area contributed by atoms with Gasteiger partial charge in [-0.2, -0.15) is 0 Å². The number of aryl methyl sites for hydroxylation is 1. The van der Waals surface area contributed by atoms with Crippen molar-refractivity contribution < 1.29 is 4.79 Å². The number of fused-ring (bicyclic) bond motifs is 1. The lowest BCUT2D eigenvalue weighted by molar-refractivity contribution is -0.127. The van der Waals surface area contributed by atoms with Crippen molar-refractivity contribution in [1.82, 2.24) is 4.90 Å². The summed E-state index contributed by atoms with van der Waals surface area (Å²) in [4.78, 5) is 15.5. The van der Waals surface area contributed by atoms with Gasteiger partial charge in [0.05, 0.1) is 10.9 Å². The summed E-state index contributed by atoms with van der Waals surface area (Å²) in [5, 5.41) is 0.684. The lowest BCUT2D eigenvalue weighted by Gasteiger charge is -2.33. The van der Waals surface area contributed by atoms with Crippen LogP contribution in [-0.2, 0) is 11.3 Å². The third kappa shape index (κ3) is 3.54. The zero-order chi connectivity index (χ0) is 16.4. The molecule has 120 valence electrons. The third-order valence-electron chi connectivity index (χ3n) is 4.15. The molecule has 0 radical (unpaired) electrons. The number of thiophene rings is 1. The number of allylic oxidation sites excluding steroid dienone is 1. The first kappa shape index (κ1) is 16.7. The van der Waals surface area contributed by atoms with Crippen molar-refractivity contribution in [3.8, 4) is 0 Å². The van der Waals surface area contributed by atoms with E-state index in [0.29, 0.717) is 18.4 Å². The highest BCUT2D eigenvalue weighted by Crippen LogP contribution is 2.40. The fourth-order valence-corrected chi connectivity index (χ4v) is 4.59. The Labute approximate surface area is 153 Å². The molecule has 0 spiro atoms. The van der Waals surface area contributed by atoms with Gasteiger partial charge in [-0.3, -0.25) is 4.79 Å². The molecule has 1 amide bonds. The molecule has 0 fully saturated rings. The maximum Gasteiger partial charge on any atom is 0.246 e. The van der Waals surface area contributed by atoms with Crippen molar-refractivity contribution in [1.29, 1.82) is 0 Å². The van der Waals surface area contributed by atoms with E-state index in [4.69, 9.17) is 11.6 Å². The maximum absolute atomic E-state index is 12.4. The smallest absolute Gasteiger partial charge is 0.246 e. The van der Waals surface area contributed by atoms with Crippen molar-refractivity contribution in [2.75, 3.05) is 11.9 Å². The van der Waals surface area contributed by atoms with Crippen molar-refractivity contribution >= 4 is 44.8 Å². The van der Waals surface area contributed by atoms with Crippen LogP contribution in [0.25, 0.3) is 0 Å². The van der Waals surface area contributed by atoms with Gasteiger partial charge in [-0.25, -0.2) is 0 Å². The number of benzene rings is 1. The number of carbonyl (C=O) groups is 1. The van der Waals surface area contributed by atoms with E-state index in [0.717, 1.165) is 4.34 Å². The summed E-state index contributed by atoms with van der Waals surface area (Å²) in [6, 6.07) is 10.4. The van der Waals surface area contributed by atoms with Crippen LogP contribution in [0.15, 0.2) is 42.5 Å². The number of hydrogen-bond acceptors (Lipinski definition) is 2. The highest BCUT2D eigenvalue weighted by molar-refractivity contribution is 9.09. The Morgan fingerprint density at radius 1 is 1.43 bits per heavy atom. The first-order valence-corrected chi connectivity index (χ1v) is 9.76. The number of halogens is 2. The Morgan fingerprint density at radius 3 is 2.96 bits per heavy atom. The summed E-state index contributed by atoms with van der Waals surface area (Å²) in [7, 11) is 0. The second-order valence-electron chi connectivity index (χ2n) is 5.61. The predicted molar refractivity (Wildman–Crippen MR) is 101 cm³/mol. The van der Waals surface area contributed by atoms with E-state index in [1.165, 1.54) is 21.6 Å². The van der Waals surface area contributed by atoms with Gasteiger partial charge in [0, 0.05) is 22.7 Å². The molecular weight excluding hydrogens is 394 g/mol. The maximum atomic E-state index is 12.4. The van der Waals surface area contributed by atoms with Gasteiger partial charge in [0.15, 0.2) is 0 Å². The first-order valence-electron chi connectivity index (χ1n) is 7.45. The Balaban J connectivity index is 1.99. The van der Waals surface area contributed by atoms with Gasteiger partial charge >= 0.3 is 0 Å². The molecule has 0 saturated heterocycles. The summed E-state index contributed by atoms with van der Waals surface area (Å²) in [6.07, 6.45) is 3.48. The van der Waals surface area contributed by atoms with E-state index in [9.17, 15) is 4.79 Å². The number of nitrogens with zero attached hydrogens (tertiary/aromatic N) is 1. The van der Waals surface area contributed by atoms with Gasteiger partial charge in [0.2, 0.25) is 5.91 Å². The SMILES string of the molecule is Cc1ccccc1[C@@H]1CN(C(=O)/C=C/CBr)Cc2sc(Cl)cc21. The number of carbonyl (C=O) groups excluding carboxylic acids is 1. The largest absolute Gasteiger partial charge is 0.333 e. The van der Waals surface area contributed by atoms with Gasteiger partial charge < -0.3 is 4.90 Å². The lowest BCUT2D eigenvalue weighted by atomic mass is 9.86. The minimum absolute atomic E-state index is 0.0539. The summed E-state index contributed by atoms with van der Waals surface area (Å²) < 4.78 is 0.791. The molecule has 0 unspecified atom stereocenters. The topological polar surface area (TPSA) is 20.3 Å². The Kier molecular flexibility index (Phi) is 5.24. The van der Waals surface area contributed by atoms with Crippen LogP contribution in [0.2, 0.25) is 4.34 Å². The minimum atomic E-state index is 0.0539. The van der Waals surface area contributed by atoms with Gasteiger partial charge in [-0.05, 0) is 35.8 Å². The molecule has 5 heteroatoms. The zero-order valence-corrected chi connectivity index (χ0v) is 15.9. The molecule has 1 aromatic heterocycles. The van der Waals surface area contributed by atoms with Crippen LogP contribution >= 0.6 is 38.9 Å². The molecule has 2 nitrogen and oxygen atoms in total. The molecular formula is C18H17BrClNOS. The monoisotopic (exact) mass is 409 g/mol. The van der Waals surface area contributed by atoms with Crippen LogP contribution in [0.3, 0.4) is 0 Å². The van der Waals surface area contributed by atoms with Crippen molar-refractivity contribution in [3.05, 3.63) is 68.4 Å². The van der Waals surface area contributed by atoms with Crippen LogP contribution in [-0.4, -0.2) is 22.7 Å². The Morgan fingerprint density at radius 2 is 2.22 bits per heavy atom. The molecule has 1 aromatic carbocycles. The lowest BCUT2D eigenvalue weighted by Crippen LogP contribution is -2.37. The van der Waals surface area contributed by atoms with E-state index in [1.54, 1.807) is 17.4 Å². The third-order valence-corrected chi connectivity index (χ3v) is 5.79. The van der Waals surface area contributed by atoms with E-state index in [-0.39, 0.29) is 11.8 Å². The highest BCUT2D eigenvalue weighted by atomic mass is 79.9. The molecule has 1 atom stereocenters. The molecule has 2 heterocycles. The molecule has 0 aliphatic carbocycles. The highest BCUT2D eigenvalue weighted by Gasteiger charge is 2.30. The van der Waals surface area contributed by atoms with Crippen LogP contribution < -0.4 is 0 Å². The Hall–Kier alpha value is -1.10. The Bertz CT molecular complexity index is 755. The molecule has 0 N–H and O–H groups in total. The number of hydrogen-bond donors (Lipinski definition) is 0. The normalized spacial score (nSPS) is 17.5.